The third-order valence-corrected chi connectivity index (χ3v) is 3.23. The molecule has 0 N–H and O–H groups in total. The van der Waals surface area contributed by atoms with Gasteiger partial charge in [-0.15, -0.1) is 0 Å². The molecule has 1 fully saturated rings. The van der Waals surface area contributed by atoms with E-state index in [0.29, 0.717) is 6.61 Å². The normalized spacial score (nSPS) is 15.4. The number of ether oxygens (including phenoxy) is 2. The molecular formula is C16H21NO2. The van der Waals surface area contributed by atoms with E-state index in [1.807, 2.05) is 24.3 Å². The van der Waals surface area contributed by atoms with Crippen molar-refractivity contribution in [1.29, 1.82) is 0 Å². The van der Waals surface area contributed by atoms with Crippen molar-refractivity contribution < 1.29 is 9.47 Å². The highest BCUT2D eigenvalue weighted by Gasteiger charge is 2.07. The number of nitrogens with zero attached hydrogens (tertiary/aromatic N) is 1. The number of benzene rings is 1. The smallest absolute Gasteiger partial charge is 0.149 e. The van der Waals surface area contributed by atoms with Crippen LogP contribution in [0.3, 0.4) is 0 Å². The molecule has 1 aromatic rings. The van der Waals surface area contributed by atoms with Gasteiger partial charge in [-0.3, -0.25) is 4.90 Å². The van der Waals surface area contributed by atoms with Crippen LogP contribution in [0.15, 0.2) is 24.3 Å². The molecule has 1 aliphatic rings. The Kier molecular flexibility index (Phi) is 5.58. The van der Waals surface area contributed by atoms with E-state index in [2.05, 4.69) is 16.7 Å². The van der Waals surface area contributed by atoms with Crippen molar-refractivity contribution in [3.8, 4) is 23.3 Å². The zero-order chi connectivity index (χ0) is 13.3. The van der Waals surface area contributed by atoms with Crippen molar-refractivity contribution in [2.75, 3.05) is 33.4 Å². The average molecular weight is 259 g/mol. The minimum absolute atomic E-state index is 0.432. The minimum Gasteiger partial charge on any atom is -0.497 e. The predicted octanol–water partition coefficient (Wildman–Crippen LogP) is 2.56. The maximum absolute atomic E-state index is 5.57. The van der Waals surface area contributed by atoms with Gasteiger partial charge in [0.15, 0.2) is 0 Å². The summed E-state index contributed by atoms with van der Waals surface area (Å²) in [7, 11) is 1.65. The van der Waals surface area contributed by atoms with Crippen LogP contribution in [0.4, 0.5) is 0 Å². The monoisotopic (exact) mass is 259 g/mol. The van der Waals surface area contributed by atoms with Crippen LogP contribution in [0.2, 0.25) is 0 Å². The first-order valence-electron chi connectivity index (χ1n) is 6.83. The fourth-order valence-corrected chi connectivity index (χ4v) is 2.15. The van der Waals surface area contributed by atoms with Crippen LogP contribution in [0.25, 0.3) is 0 Å². The number of rotatable bonds is 4. The summed E-state index contributed by atoms with van der Waals surface area (Å²) >= 11 is 0. The lowest BCUT2D eigenvalue weighted by Gasteiger charge is -2.23. The first kappa shape index (κ1) is 13.8. The van der Waals surface area contributed by atoms with Gasteiger partial charge < -0.3 is 9.47 Å². The molecule has 0 saturated carbocycles. The summed E-state index contributed by atoms with van der Waals surface area (Å²) in [6.45, 7) is 3.67. The summed E-state index contributed by atoms with van der Waals surface area (Å²) in [5.41, 5.74) is 0. The van der Waals surface area contributed by atoms with Gasteiger partial charge in [-0.1, -0.05) is 24.3 Å². The summed E-state index contributed by atoms with van der Waals surface area (Å²) in [6.07, 6.45) is 3.98. The second-order valence-corrected chi connectivity index (χ2v) is 4.66. The topological polar surface area (TPSA) is 21.7 Å². The SMILES string of the molecule is COc1cccc(OCC#CCN2CCCCC2)c1. The first-order valence-corrected chi connectivity index (χ1v) is 6.83. The maximum atomic E-state index is 5.57. The Balaban J connectivity index is 1.70. The summed E-state index contributed by atoms with van der Waals surface area (Å²) in [6, 6.07) is 7.59. The zero-order valence-corrected chi connectivity index (χ0v) is 11.5. The van der Waals surface area contributed by atoms with Gasteiger partial charge in [0, 0.05) is 6.07 Å². The number of hydrogen-bond acceptors (Lipinski definition) is 3. The van der Waals surface area contributed by atoms with Gasteiger partial charge in [-0.25, -0.2) is 0 Å². The Morgan fingerprint density at radius 1 is 1.11 bits per heavy atom. The number of piperidine rings is 1. The highest BCUT2D eigenvalue weighted by Crippen LogP contribution is 2.18. The molecule has 0 radical (unpaired) electrons. The molecule has 3 nitrogen and oxygen atoms in total. The van der Waals surface area contributed by atoms with Crippen LogP contribution in [-0.2, 0) is 0 Å². The third kappa shape index (κ3) is 4.84. The molecular weight excluding hydrogens is 238 g/mol. The van der Waals surface area contributed by atoms with Crippen LogP contribution < -0.4 is 9.47 Å². The molecule has 0 atom stereocenters. The molecule has 0 spiro atoms. The molecule has 1 heterocycles. The highest BCUT2D eigenvalue weighted by molar-refractivity contribution is 5.33. The van der Waals surface area contributed by atoms with E-state index in [0.717, 1.165) is 18.0 Å². The number of likely N-dealkylation sites (tertiary alicyclic amines) is 1. The fourth-order valence-electron chi connectivity index (χ4n) is 2.15. The Hall–Kier alpha value is -1.66. The summed E-state index contributed by atoms with van der Waals surface area (Å²) in [5.74, 6) is 7.84. The standard InChI is InChI=1S/C16H21NO2/c1-18-15-8-7-9-16(14-15)19-13-6-5-12-17-10-3-2-4-11-17/h7-9,14H,2-4,10-13H2,1H3. The Morgan fingerprint density at radius 3 is 2.68 bits per heavy atom. The Labute approximate surface area is 115 Å². The number of methoxy groups -OCH3 is 1. The maximum Gasteiger partial charge on any atom is 0.149 e. The van der Waals surface area contributed by atoms with E-state index in [1.54, 1.807) is 7.11 Å². The van der Waals surface area contributed by atoms with Crippen molar-refractivity contribution >= 4 is 0 Å². The third-order valence-electron chi connectivity index (χ3n) is 3.23. The molecule has 1 aliphatic heterocycles. The lowest BCUT2D eigenvalue weighted by atomic mass is 10.1. The lowest BCUT2D eigenvalue weighted by molar-refractivity contribution is 0.255. The van der Waals surface area contributed by atoms with Gasteiger partial charge in [-0.2, -0.15) is 0 Å². The van der Waals surface area contributed by atoms with Crippen LogP contribution in [0.1, 0.15) is 19.3 Å². The fraction of sp³-hybridized carbons (Fsp3) is 0.500. The van der Waals surface area contributed by atoms with Gasteiger partial charge in [0.1, 0.15) is 18.1 Å². The van der Waals surface area contributed by atoms with Gasteiger partial charge in [0.2, 0.25) is 0 Å². The quantitative estimate of drug-likeness (QED) is 0.776. The average Bonchev–Trinajstić information content (AvgIpc) is 2.48. The Bertz CT molecular complexity index is 442. The van der Waals surface area contributed by atoms with Crippen molar-refractivity contribution in [2.45, 2.75) is 19.3 Å². The first-order chi connectivity index (χ1) is 9.38. The van der Waals surface area contributed by atoms with Crippen LogP contribution >= 0.6 is 0 Å². The highest BCUT2D eigenvalue weighted by atomic mass is 16.5. The molecule has 0 bridgehead atoms. The molecule has 102 valence electrons. The summed E-state index contributed by atoms with van der Waals surface area (Å²) in [4.78, 5) is 2.40. The molecule has 3 heteroatoms. The Morgan fingerprint density at radius 2 is 1.89 bits per heavy atom. The van der Waals surface area contributed by atoms with Crippen LogP contribution in [-0.4, -0.2) is 38.3 Å². The van der Waals surface area contributed by atoms with Gasteiger partial charge in [0.25, 0.3) is 0 Å². The molecule has 0 aliphatic carbocycles. The predicted molar refractivity (Wildman–Crippen MR) is 76.6 cm³/mol. The second-order valence-electron chi connectivity index (χ2n) is 4.66. The van der Waals surface area contributed by atoms with Crippen molar-refractivity contribution in [3.63, 3.8) is 0 Å². The molecule has 19 heavy (non-hydrogen) atoms. The molecule has 0 aromatic heterocycles. The summed E-state index contributed by atoms with van der Waals surface area (Å²) < 4.78 is 10.7. The van der Waals surface area contributed by atoms with Gasteiger partial charge in [-0.05, 0) is 38.1 Å². The van der Waals surface area contributed by atoms with Gasteiger partial charge in [0.05, 0.1) is 13.7 Å². The van der Waals surface area contributed by atoms with Crippen LogP contribution in [0.5, 0.6) is 11.5 Å². The van der Waals surface area contributed by atoms with E-state index in [1.165, 1.54) is 32.4 Å². The van der Waals surface area contributed by atoms with Gasteiger partial charge >= 0.3 is 0 Å². The number of hydrogen-bond donors (Lipinski definition) is 0. The molecule has 0 amide bonds. The van der Waals surface area contributed by atoms with Crippen molar-refractivity contribution in [1.82, 2.24) is 4.90 Å². The van der Waals surface area contributed by atoms with E-state index < -0.39 is 0 Å². The molecule has 0 unspecified atom stereocenters. The van der Waals surface area contributed by atoms with E-state index >= 15 is 0 Å². The van der Waals surface area contributed by atoms with E-state index in [-0.39, 0.29) is 0 Å². The molecule has 1 saturated heterocycles. The summed E-state index contributed by atoms with van der Waals surface area (Å²) in [5, 5.41) is 0. The van der Waals surface area contributed by atoms with Crippen molar-refractivity contribution in [3.05, 3.63) is 24.3 Å². The molecule has 2 rings (SSSR count). The lowest BCUT2D eigenvalue weighted by Crippen LogP contribution is -2.29. The molecule has 1 aromatic carbocycles. The zero-order valence-electron chi connectivity index (χ0n) is 11.5. The van der Waals surface area contributed by atoms with Crippen LogP contribution in [0, 0.1) is 11.8 Å². The van der Waals surface area contributed by atoms with E-state index in [9.17, 15) is 0 Å². The van der Waals surface area contributed by atoms with Crippen molar-refractivity contribution in [2.24, 2.45) is 0 Å². The largest absolute Gasteiger partial charge is 0.497 e. The minimum atomic E-state index is 0.432. The second kappa shape index (κ2) is 7.70. The van der Waals surface area contributed by atoms with E-state index in [4.69, 9.17) is 9.47 Å².